The Bertz CT molecular complexity index is 341. The van der Waals surface area contributed by atoms with Crippen LogP contribution in [0.15, 0.2) is 24.3 Å². The van der Waals surface area contributed by atoms with Gasteiger partial charge < -0.3 is 0 Å². The molecular formula is C16H24O. The Morgan fingerprint density at radius 3 is 2.47 bits per heavy atom. The third-order valence-corrected chi connectivity index (χ3v) is 3.01. The van der Waals surface area contributed by atoms with Crippen molar-refractivity contribution in [1.29, 1.82) is 0 Å². The summed E-state index contributed by atoms with van der Waals surface area (Å²) in [5.74, 6) is 0.241. The molecule has 0 heterocycles. The largest absolute Gasteiger partial charge is 0.300 e. The zero-order valence-corrected chi connectivity index (χ0v) is 11.2. The van der Waals surface area contributed by atoms with E-state index in [0.717, 1.165) is 12.0 Å². The summed E-state index contributed by atoms with van der Waals surface area (Å²) in [6, 6.07) is 8.46. The van der Waals surface area contributed by atoms with Gasteiger partial charge in [0.2, 0.25) is 0 Å². The summed E-state index contributed by atoms with van der Waals surface area (Å²) < 4.78 is 0. The molecule has 0 radical (unpaired) electrons. The van der Waals surface area contributed by atoms with E-state index < -0.39 is 0 Å². The van der Waals surface area contributed by atoms with Gasteiger partial charge in [0.25, 0.3) is 0 Å². The fourth-order valence-corrected chi connectivity index (χ4v) is 2.12. The molecule has 94 valence electrons. The molecule has 0 saturated carbocycles. The molecule has 1 aromatic rings. The highest BCUT2D eigenvalue weighted by molar-refractivity contribution is 5.78. The van der Waals surface area contributed by atoms with Gasteiger partial charge in [-0.2, -0.15) is 0 Å². The van der Waals surface area contributed by atoms with Crippen molar-refractivity contribution in [3.63, 3.8) is 0 Å². The van der Waals surface area contributed by atoms with Gasteiger partial charge in [0.05, 0.1) is 0 Å². The number of rotatable bonds is 8. The second kappa shape index (κ2) is 8.05. The lowest BCUT2D eigenvalue weighted by molar-refractivity contribution is -0.116. The van der Waals surface area contributed by atoms with Crippen LogP contribution < -0.4 is 0 Å². The Labute approximate surface area is 105 Å². The second-order valence-corrected chi connectivity index (χ2v) is 4.86. The molecule has 1 nitrogen and oxygen atoms in total. The van der Waals surface area contributed by atoms with Crippen LogP contribution in [0, 0.1) is 0 Å². The Hall–Kier alpha value is -1.11. The minimum absolute atomic E-state index is 0.241. The molecule has 0 fully saturated rings. The Kier molecular flexibility index (Phi) is 6.61. The fraction of sp³-hybridized carbons (Fsp3) is 0.562. The third kappa shape index (κ3) is 6.25. The van der Waals surface area contributed by atoms with Gasteiger partial charge in [0.1, 0.15) is 5.78 Å². The first kappa shape index (κ1) is 14.0. The zero-order valence-electron chi connectivity index (χ0n) is 11.2. The number of unbranched alkanes of at least 4 members (excludes halogenated alkanes) is 4. The minimum atomic E-state index is 0.241. The van der Waals surface area contributed by atoms with E-state index >= 15 is 0 Å². The molecule has 0 N–H and O–H groups in total. The van der Waals surface area contributed by atoms with Crippen molar-refractivity contribution in [1.82, 2.24) is 0 Å². The predicted octanol–water partition coefficient (Wildman–Crippen LogP) is 4.33. The van der Waals surface area contributed by atoms with E-state index in [1.807, 2.05) is 6.07 Å². The van der Waals surface area contributed by atoms with Gasteiger partial charge in [-0.05, 0) is 30.9 Å². The Balaban J connectivity index is 2.35. The monoisotopic (exact) mass is 232 g/mol. The van der Waals surface area contributed by atoms with Crippen molar-refractivity contribution in [3.8, 4) is 0 Å². The van der Waals surface area contributed by atoms with E-state index in [1.54, 1.807) is 6.92 Å². The molecule has 0 atom stereocenters. The molecule has 17 heavy (non-hydrogen) atoms. The average Bonchev–Trinajstić information content (AvgIpc) is 2.28. The number of carbonyl (C=O) groups is 1. The second-order valence-electron chi connectivity index (χ2n) is 4.86. The van der Waals surface area contributed by atoms with Gasteiger partial charge in [0, 0.05) is 6.42 Å². The topological polar surface area (TPSA) is 17.1 Å². The molecule has 0 aliphatic heterocycles. The van der Waals surface area contributed by atoms with E-state index in [4.69, 9.17) is 0 Å². The molecule has 0 amide bonds. The standard InChI is InChI=1S/C16H24O/c1-3-4-5-6-7-9-15-10-8-11-16(13-15)12-14(2)17/h8,10-11,13H,3-7,9,12H2,1-2H3. The van der Waals surface area contributed by atoms with Gasteiger partial charge in [-0.25, -0.2) is 0 Å². The number of benzene rings is 1. The summed E-state index contributed by atoms with van der Waals surface area (Å²) >= 11 is 0. The average molecular weight is 232 g/mol. The smallest absolute Gasteiger partial charge is 0.134 e. The lowest BCUT2D eigenvalue weighted by atomic mass is 10.0. The first-order chi connectivity index (χ1) is 8.22. The summed E-state index contributed by atoms with van der Waals surface area (Å²) in [6.07, 6.45) is 8.32. The van der Waals surface area contributed by atoms with Crippen molar-refractivity contribution in [3.05, 3.63) is 35.4 Å². The van der Waals surface area contributed by atoms with Crippen molar-refractivity contribution in [2.75, 3.05) is 0 Å². The van der Waals surface area contributed by atoms with Crippen molar-refractivity contribution in [2.45, 2.75) is 58.8 Å². The van der Waals surface area contributed by atoms with Gasteiger partial charge in [0.15, 0.2) is 0 Å². The maximum atomic E-state index is 11.1. The number of ketones is 1. The van der Waals surface area contributed by atoms with Crippen LogP contribution in [0.1, 0.15) is 57.1 Å². The van der Waals surface area contributed by atoms with Crippen LogP contribution in [0.25, 0.3) is 0 Å². The molecular weight excluding hydrogens is 208 g/mol. The Morgan fingerprint density at radius 1 is 1.06 bits per heavy atom. The normalized spacial score (nSPS) is 10.5. The van der Waals surface area contributed by atoms with Crippen molar-refractivity contribution < 1.29 is 4.79 Å². The lowest BCUT2D eigenvalue weighted by Crippen LogP contribution is -1.97. The van der Waals surface area contributed by atoms with Gasteiger partial charge >= 0.3 is 0 Å². The highest BCUT2D eigenvalue weighted by atomic mass is 16.1. The molecule has 1 aromatic carbocycles. The van der Waals surface area contributed by atoms with Gasteiger partial charge in [-0.15, -0.1) is 0 Å². The number of aryl methyl sites for hydroxylation is 1. The van der Waals surface area contributed by atoms with Gasteiger partial charge in [-0.1, -0.05) is 56.9 Å². The van der Waals surface area contributed by atoms with Crippen LogP contribution in [0.4, 0.5) is 0 Å². The van der Waals surface area contributed by atoms with Crippen molar-refractivity contribution in [2.24, 2.45) is 0 Å². The lowest BCUT2D eigenvalue weighted by Gasteiger charge is -2.04. The number of Topliss-reactive ketones (excluding diaryl/α,β-unsaturated/α-hetero) is 1. The van der Waals surface area contributed by atoms with E-state index in [9.17, 15) is 4.79 Å². The maximum absolute atomic E-state index is 11.1. The predicted molar refractivity (Wildman–Crippen MR) is 73.3 cm³/mol. The van der Waals surface area contributed by atoms with Crippen LogP contribution in [0.2, 0.25) is 0 Å². The third-order valence-electron chi connectivity index (χ3n) is 3.01. The molecule has 0 aliphatic carbocycles. The molecule has 1 rings (SSSR count). The molecule has 0 aromatic heterocycles. The van der Waals surface area contributed by atoms with E-state index in [-0.39, 0.29) is 5.78 Å². The fourth-order valence-electron chi connectivity index (χ4n) is 2.12. The zero-order chi connectivity index (χ0) is 12.5. The molecule has 1 heteroatoms. The quantitative estimate of drug-likeness (QED) is 0.610. The van der Waals surface area contributed by atoms with E-state index in [1.165, 1.54) is 37.7 Å². The van der Waals surface area contributed by atoms with Crippen LogP contribution in [0.3, 0.4) is 0 Å². The maximum Gasteiger partial charge on any atom is 0.134 e. The van der Waals surface area contributed by atoms with Crippen LogP contribution in [0.5, 0.6) is 0 Å². The number of hydrogen-bond acceptors (Lipinski definition) is 1. The van der Waals surface area contributed by atoms with E-state index in [2.05, 4.69) is 25.1 Å². The minimum Gasteiger partial charge on any atom is -0.300 e. The Morgan fingerprint density at radius 2 is 1.76 bits per heavy atom. The molecule has 0 saturated heterocycles. The summed E-state index contributed by atoms with van der Waals surface area (Å²) in [7, 11) is 0. The number of hydrogen-bond donors (Lipinski definition) is 0. The molecule has 0 spiro atoms. The van der Waals surface area contributed by atoms with Crippen LogP contribution in [-0.4, -0.2) is 5.78 Å². The summed E-state index contributed by atoms with van der Waals surface area (Å²) in [6.45, 7) is 3.89. The first-order valence-corrected chi connectivity index (χ1v) is 6.79. The molecule has 0 aliphatic rings. The van der Waals surface area contributed by atoms with E-state index in [0.29, 0.717) is 6.42 Å². The summed E-state index contributed by atoms with van der Waals surface area (Å²) in [5.41, 5.74) is 2.53. The van der Waals surface area contributed by atoms with Crippen LogP contribution >= 0.6 is 0 Å². The molecule has 0 bridgehead atoms. The highest BCUT2D eigenvalue weighted by Crippen LogP contribution is 2.11. The highest BCUT2D eigenvalue weighted by Gasteiger charge is 1.99. The summed E-state index contributed by atoms with van der Waals surface area (Å²) in [4.78, 5) is 11.1. The molecule has 0 unspecified atom stereocenters. The first-order valence-electron chi connectivity index (χ1n) is 6.79. The van der Waals surface area contributed by atoms with Crippen molar-refractivity contribution >= 4 is 5.78 Å². The van der Waals surface area contributed by atoms with Gasteiger partial charge in [-0.3, -0.25) is 4.79 Å². The number of carbonyl (C=O) groups excluding carboxylic acids is 1. The van der Waals surface area contributed by atoms with Crippen LogP contribution in [-0.2, 0) is 17.6 Å². The SMILES string of the molecule is CCCCCCCc1cccc(CC(C)=O)c1. The summed E-state index contributed by atoms with van der Waals surface area (Å²) in [5, 5.41) is 0.